The third kappa shape index (κ3) is 4.55. The van der Waals surface area contributed by atoms with Gasteiger partial charge in [0, 0.05) is 31.8 Å². The summed E-state index contributed by atoms with van der Waals surface area (Å²) in [6, 6.07) is 12.1. The van der Waals surface area contributed by atoms with Crippen LogP contribution in [-0.2, 0) is 6.42 Å². The van der Waals surface area contributed by atoms with E-state index in [2.05, 4.69) is 20.9 Å². The molecule has 30 heavy (non-hydrogen) atoms. The van der Waals surface area contributed by atoms with Gasteiger partial charge in [0.05, 0.1) is 10.0 Å². The average Bonchev–Trinajstić information content (AvgIpc) is 3.15. The number of aromatic nitrogens is 3. The third-order valence-corrected chi connectivity index (χ3v) is 4.87. The van der Waals surface area contributed by atoms with Crippen LogP contribution < -0.4 is 15.8 Å². The highest BCUT2D eigenvalue weighted by Crippen LogP contribution is 2.28. The van der Waals surface area contributed by atoms with Gasteiger partial charge in [0.2, 0.25) is 5.82 Å². The Kier molecular flexibility index (Phi) is 6.59. The maximum Gasteiger partial charge on any atom is 0.309 e. The molecule has 2 amide bonds. The monoisotopic (exact) mass is 446 g/mol. The van der Waals surface area contributed by atoms with Crippen molar-refractivity contribution < 1.29 is 9.59 Å². The lowest BCUT2D eigenvalue weighted by molar-refractivity contribution is 0.0841. The van der Waals surface area contributed by atoms with Gasteiger partial charge in [-0.2, -0.15) is 0 Å². The molecular weight excluding hydrogens is 427 g/mol. The quantitative estimate of drug-likeness (QED) is 0.586. The van der Waals surface area contributed by atoms with E-state index in [-0.39, 0.29) is 5.82 Å². The standard InChI is InChI=1S/C20H20Cl2N6O2/c1-4-16-23-18(26-28(16)17-14(21)9-6-10-15(17)22)20(30)25-24-19(29)12-7-5-8-13(11-12)27(2)3/h5-11H,4H2,1-3H3,(H,24,29)(H,25,30). The fraction of sp³-hybridized carbons (Fsp3) is 0.200. The second kappa shape index (κ2) is 9.15. The summed E-state index contributed by atoms with van der Waals surface area (Å²) >= 11 is 12.5. The summed E-state index contributed by atoms with van der Waals surface area (Å²) in [5.41, 5.74) is 6.41. The number of halogens is 2. The van der Waals surface area contributed by atoms with Crippen LogP contribution in [-0.4, -0.2) is 40.7 Å². The first-order chi connectivity index (χ1) is 14.3. The number of rotatable bonds is 5. The molecule has 0 radical (unpaired) electrons. The number of benzene rings is 2. The maximum atomic E-state index is 12.5. The van der Waals surface area contributed by atoms with Gasteiger partial charge in [-0.1, -0.05) is 42.3 Å². The number of carbonyl (C=O) groups is 2. The summed E-state index contributed by atoms with van der Waals surface area (Å²) in [6.07, 6.45) is 0.492. The number of nitrogens with zero attached hydrogens (tertiary/aromatic N) is 4. The number of aryl methyl sites for hydroxylation is 1. The molecule has 156 valence electrons. The van der Waals surface area contributed by atoms with E-state index < -0.39 is 11.8 Å². The normalized spacial score (nSPS) is 10.6. The first kappa shape index (κ1) is 21.6. The third-order valence-electron chi connectivity index (χ3n) is 4.26. The number of para-hydroxylation sites is 1. The molecule has 1 aromatic heterocycles. The van der Waals surface area contributed by atoms with Gasteiger partial charge in [-0.05, 0) is 30.3 Å². The molecule has 1 heterocycles. The Balaban J connectivity index is 1.77. The van der Waals surface area contributed by atoms with E-state index in [1.165, 1.54) is 4.68 Å². The van der Waals surface area contributed by atoms with Crippen molar-refractivity contribution in [3.63, 3.8) is 0 Å². The molecule has 0 saturated carbocycles. The van der Waals surface area contributed by atoms with Crippen LogP contribution in [0.2, 0.25) is 10.0 Å². The molecule has 3 rings (SSSR count). The zero-order valence-electron chi connectivity index (χ0n) is 16.6. The molecule has 2 N–H and O–H groups in total. The van der Waals surface area contributed by atoms with Crippen LogP contribution in [0.5, 0.6) is 0 Å². The highest BCUT2D eigenvalue weighted by Gasteiger charge is 2.20. The number of anilines is 1. The van der Waals surface area contributed by atoms with Crippen molar-refractivity contribution in [3.05, 3.63) is 69.7 Å². The molecule has 0 atom stereocenters. The van der Waals surface area contributed by atoms with Crippen molar-refractivity contribution in [1.82, 2.24) is 25.6 Å². The van der Waals surface area contributed by atoms with Crippen LogP contribution in [0.15, 0.2) is 42.5 Å². The van der Waals surface area contributed by atoms with E-state index in [1.807, 2.05) is 32.0 Å². The Morgan fingerprint density at radius 2 is 1.67 bits per heavy atom. The van der Waals surface area contributed by atoms with Gasteiger partial charge in [0.25, 0.3) is 5.91 Å². The van der Waals surface area contributed by atoms with Crippen LogP contribution in [0.25, 0.3) is 5.69 Å². The largest absolute Gasteiger partial charge is 0.378 e. The molecule has 0 saturated heterocycles. The fourth-order valence-corrected chi connectivity index (χ4v) is 3.26. The molecule has 0 spiro atoms. The molecule has 0 unspecified atom stereocenters. The minimum Gasteiger partial charge on any atom is -0.378 e. The summed E-state index contributed by atoms with van der Waals surface area (Å²) in [5.74, 6) is -0.745. The smallest absolute Gasteiger partial charge is 0.309 e. The zero-order valence-corrected chi connectivity index (χ0v) is 18.1. The molecule has 0 aliphatic carbocycles. The predicted molar refractivity (Wildman–Crippen MR) is 116 cm³/mol. The van der Waals surface area contributed by atoms with Crippen molar-refractivity contribution in [2.24, 2.45) is 0 Å². The van der Waals surface area contributed by atoms with Crippen LogP contribution in [0, 0.1) is 0 Å². The fourth-order valence-electron chi connectivity index (χ4n) is 2.71. The van der Waals surface area contributed by atoms with Crippen LogP contribution in [0.1, 0.15) is 33.7 Å². The SMILES string of the molecule is CCc1nc(C(=O)NNC(=O)c2cccc(N(C)C)c2)nn1-c1c(Cl)cccc1Cl. The highest BCUT2D eigenvalue weighted by molar-refractivity contribution is 6.37. The highest BCUT2D eigenvalue weighted by atomic mass is 35.5. The van der Waals surface area contributed by atoms with Gasteiger partial charge in [-0.3, -0.25) is 20.4 Å². The van der Waals surface area contributed by atoms with E-state index in [0.29, 0.717) is 33.5 Å². The number of hydrogen-bond acceptors (Lipinski definition) is 5. The summed E-state index contributed by atoms with van der Waals surface area (Å²) in [4.78, 5) is 31.0. The summed E-state index contributed by atoms with van der Waals surface area (Å²) in [5, 5.41) is 4.98. The Hall–Kier alpha value is -3.10. The van der Waals surface area contributed by atoms with Crippen LogP contribution in [0.4, 0.5) is 5.69 Å². The van der Waals surface area contributed by atoms with Crippen LogP contribution >= 0.6 is 23.2 Å². The number of amides is 2. The Labute approximate surface area is 183 Å². The Morgan fingerprint density at radius 3 is 2.30 bits per heavy atom. The van der Waals surface area contributed by atoms with Crippen molar-refractivity contribution in [2.75, 3.05) is 19.0 Å². The topological polar surface area (TPSA) is 92.2 Å². The molecule has 0 fully saturated rings. The lowest BCUT2D eigenvalue weighted by Gasteiger charge is -2.13. The van der Waals surface area contributed by atoms with E-state index >= 15 is 0 Å². The molecule has 0 aliphatic rings. The molecule has 10 heteroatoms. The molecular formula is C20H20Cl2N6O2. The molecule has 0 aliphatic heterocycles. The first-order valence-corrected chi connectivity index (χ1v) is 9.85. The van der Waals surface area contributed by atoms with Gasteiger partial charge >= 0.3 is 5.91 Å². The number of hydrogen-bond donors (Lipinski definition) is 2. The van der Waals surface area contributed by atoms with Gasteiger partial charge in [-0.25, -0.2) is 9.67 Å². The Morgan fingerprint density at radius 1 is 1.03 bits per heavy atom. The van der Waals surface area contributed by atoms with E-state index in [0.717, 1.165) is 5.69 Å². The van der Waals surface area contributed by atoms with Gasteiger partial charge < -0.3 is 4.90 Å². The number of hydrazine groups is 1. The predicted octanol–water partition coefficient (Wildman–Crippen LogP) is 3.28. The number of carbonyl (C=O) groups excluding carboxylic acids is 2. The van der Waals surface area contributed by atoms with E-state index in [9.17, 15) is 9.59 Å². The van der Waals surface area contributed by atoms with Gasteiger partial charge in [-0.15, -0.1) is 5.10 Å². The minimum absolute atomic E-state index is 0.120. The first-order valence-electron chi connectivity index (χ1n) is 9.10. The summed E-state index contributed by atoms with van der Waals surface area (Å²) in [7, 11) is 3.74. The van der Waals surface area contributed by atoms with Crippen molar-refractivity contribution in [1.29, 1.82) is 0 Å². The Bertz CT molecular complexity index is 1080. The van der Waals surface area contributed by atoms with E-state index in [4.69, 9.17) is 23.2 Å². The lowest BCUT2D eigenvalue weighted by Crippen LogP contribution is -2.42. The van der Waals surface area contributed by atoms with E-state index in [1.54, 1.807) is 36.4 Å². The summed E-state index contributed by atoms with van der Waals surface area (Å²) < 4.78 is 1.43. The molecule has 8 nitrogen and oxygen atoms in total. The van der Waals surface area contributed by atoms with Gasteiger partial charge in [0.15, 0.2) is 0 Å². The number of nitrogens with one attached hydrogen (secondary N) is 2. The summed E-state index contributed by atoms with van der Waals surface area (Å²) in [6.45, 7) is 1.87. The van der Waals surface area contributed by atoms with Crippen molar-refractivity contribution >= 4 is 40.7 Å². The second-order valence-electron chi connectivity index (χ2n) is 6.54. The average molecular weight is 447 g/mol. The molecule has 3 aromatic rings. The van der Waals surface area contributed by atoms with Gasteiger partial charge in [0.1, 0.15) is 11.5 Å². The maximum absolute atomic E-state index is 12.5. The minimum atomic E-state index is -0.663. The zero-order chi connectivity index (χ0) is 21.8. The van der Waals surface area contributed by atoms with Crippen molar-refractivity contribution in [3.8, 4) is 5.69 Å². The molecule has 2 aromatic carbocycles. The lowest BCUT2D eigenvalue weighted by atomic mass is 10.2. The van der Waals surface area contributed by atoms with Crippen LogP contribution in [0.3, 0.4) is 0 Å². The molecule has 0 bridgehead atoms. The second-order valence-corrected chi connectivity index (χ2v) is 7.35. The van der Waals surface area contributed by atoms with Crippen molar-refractivity contribution in [2.45, 2.75) is 13.3 Å².